The van der Waals surface area contributed by atoms with Crippen molar-refractivity contribution in [1.29, 1.82) is 0 Å². The minimum atomic E-state index is -4.01. The number of para-hydroxylation sites is 1. The normalized spacial score (nSPS) is 16.5. The molecule has 0 bridgehead atoms. The third-order valence-electron chi connectivity index (χ3n) is 4.69. The fourth-order valence-corrected chi connectivity index (χ4v) is 4.75. The molecule has 30 heavy (non-hydrogen) atoms. The minimum absolute atomic E-state index is 0.0413. The summed E-state index contributed by atoms with van der Waals surface area (Å²) in [5, 5.41) is 0. The highest BCUT2D eigenvalue weighted by molar-refractivity contribution is 7.89. The highest BCUT2D eigenvalue weighted by Crippen LogP contribution is 2.35. The number of nitrogens with two attached hydrogens (primary N) is 1. The SMILES string of the molecule is NC(=O)O[C@H]1c2ccccc2CCN1S(=O)(=O)c1ccc(Oc2ccccc2)nc1. The Balaban J connectivity index is 1.62. The lowest BCUT2D eigenvalue weighted by Gasteiger charge is -2.34. The van der Waals surface area contributed by atoms with Crippen molar-refractivity contribution >= 4 is 16.1 Å². The second kappa shape index (κ2) is 8.13. The molecule has 154 valence electrons. The first-order valence-electron chi connectivity index (χ1n) is 9.20. The van der Waals surface area contributed by atoms with E-state index in [4.69, 9.17) is 15.2 Å². The van der Waals surface area contributed by atoms with Gasteiger partial charge in [-0.25, -0.2) is 18.2 Å². The number of aromatic nitrogens is 1. The van der Waals surface area contributed by atoms with E-state index in [9.17, 15) is 13.2 Å². The van der Waals surface area contributed by atoms with Crippen molar-refractivity contribution in [2.45, 2.75) is 17.5 Å². The molecule has 0 spiro atoms. The van der Waals surface area contributed by atoms with Gasteiger partial charge < -0.3 is 15.2 Å². The summed E-state index contributed by atoms with van der Waals surface area (Å²) >= 11 is 0. The number of fused-ring (bicyclic) bond motifs is 1. The lowest BCUT2D eigenvalue weighted by Crippen LogP contribution is -2.42. The lowest BCUT2D eigenvalue weighted by molar-refractivity contribution is 0.0295. The van der Waals surface area contributed by atoms with Crippen molar-refractivity contribution in [2.75, 3.05) is 6.54 Å². The van der Waals surface area contributed by atoms with Gasteiger partial charge in [-0.1, -0.05) is 42.5 Å². The van der Waals surface area contributed by atoms with Crippen LogP contribution in [0.2, 0.25) is 0 Å². The summed E-state index contributed by atoms with van der Waals surface area (Å²) < 4.78 is 38.5. The Labute approximate surface area is 173 Å². The number of rotatable bonds is 5. The molecular formula is C21H19N3O5S. The number of carbonyl (C=O) groups excluding carboxylic acids is 1. The average molecular weight is 425 g/mol. The van der Waals surface area contributed by atoms with Crippen LogP contribution in [0.4, 0.5) is 4.79 Å². The molecule has 2 aromatic carbocycles. The van der Waals surface area contributed by atoms with E-state index in [1.54, 1.807) is 24.3 Å². The second-order valence-electron chi connectivity index (χ2n) is 6.60. The summed E-state index contributed by atoms with van der Waals surface area (Å²) in [6, 6.07) is 19.1. The van der Waals surface area contributed by atoms with Crippen LogP contribution < -0.4 is 10.5 Å². The van der Waals surface area contributed by atoms with E-state index in [0.29, 0.717) is 17.7 Å². The monoisotopic (exact) mass is 425 g/mol. The molecule has 0 saturated carbocycles. The van der Waals surface area contributed by atoms with Crippen molar-refractivity contribution in [3.8, 4) is 11.6 Å². The maximum atomic E-state index is 13.3. The summed E-state index contributed by atoms with van der Waals surface area (Å²) in [5.41, 5.74) is 6.70. The molecule has 0 saturated heterocycles. The van der Waals surface area contributed by atoms with Crippen molar-refractivity contribution in [1.82, 2.24) is 9.29 Å². The maximum absolute atomic E-state index is 13.3. The third-order valence-corrected chi connectivity index (χ3v) is 6.52. The van der Waals surface area contributed by atoms with Gasteiger partial charge in [0.05, 0.1) is 6.20 Å². The Morgan fingerprint density at radius 1 is 1.03 bits per heavy atom. The Bertz CT molecular complexity index is 1150. The first-order valence-corrected chi connectivity index (χ1v) is 10.6. The van der Waals surface area contributed by atoms with Crippen molar-refractivity contribution in [3.05, 3.63) is 84.1 Å². The number of hydrogen-bond donors (Lipinski definition) is 1. The van der Waals surface area contributed by atoms with E-state index in [1.807, 2.05) is 30.3 Å². The molecule has 0 radical (unpaired) electrons. The van der Waals surface area contributed by atoms with E-state index in [-0.39, 0.29) is 17.3 Å². The van der Waals surface area contributed by atoms with Crippen molar-refractivity contribution < 1.29 is 22.7 Å². The molecule has 8 nitrogen and oxygen atoms in total. The third kappa shape index (κ3) is 3.98. The Morgan fingerprint density at radius 3 is 2.47 bits per heavy atom. The number of primary amides is 1. The van der Waals surface area contributed by atoms with Crippen LogP contribution >= 0.6 is 0 Å². The number of sulfonamides is 1. The Morgan fingerprint density at radius 2 is 1.77 bits per heavy atom. The predicted octanol–water partition coefficient (Wildman–Crippen LogP) is 3.21. The highest BCUT2D eigenvalue weighted by atomic mass is 32.2. The molecule has 0 aliphatic carbocycles. The number of hydrogen-bond acceptors (Lipinski definition) is 6. The molecular weight excluding hydrogens is 406 g/mol. The van der Waals surface area contributed by atoms with Crippen LogP contribution in [0, 0.1) is 0 Å². The zero-order valence-corrected chi connectivity index (χ0v) is 16.7. The molecule has 1 aromatic heterocycles. The number of carbonyl (C=O) groups is 1. The van der Waals surface area contributed by atoms with Crippen LogP contribution in [0.15, 0.2) is 77.8 Å². The fourth-order valence-electron chi connectivity index (χ4n) is 3.31. The van der Waals surface area contributed by atoms with Crippen molar-refractivity contribution in [3.63, 3.8) is 0 Å². The largest absolute Gasteiger partial charge is 0.439 e. The van der Waals surface area contributed by atoms with Gasteiger partial charge in [-0.3, -0.25) is 0 Å². The van der Waals surface area contributed by atoms with E-state index in [1.165, 1.54) is 18.3 Å². The van der Waals surface area contributed by atoms with Crippen LogP contribution in [0.25, 0.3) is 0 Å². The molecule has 3 aromatic rings. The van der Waals surface area contributed by atoms with Gasteiger partial charge in [0, 0.05) is 18.2 Å². The molecule has 0 unspecified atom stereocenters. The zero-order valence-electron chi connectivity index (χ0n) is 15.8. The fraction of sp³-hybridized carbons (Fsp3) is 0.143. The van der Waals surface area contributed by atoms with Crippen molar-refractivity contribution in [2.24, 2.45) is 5.73 Å². The first-order chi connectivity index (χ1) is 14.4. The number of amides is 1. The van der Waals surface area contributed by atoms with E-state index >= 15 is 0 Å². The lowest BCUT2D eigenvalue weighted by atomic mass is 10.00. The number of ether oxygens (including phenoxy) is 2. The standard InChI is InChI=1S/C21H19N3O5S/c22-21(25)29-20-18-9-5-4-6-15(18)12-13-24(20)30(26,27)17-10-11-19(23-14-17)28-16-7-2-1-3-8-16/h1-11,14,20H,12-13H2,(H2,22,25)/t20-/m0/s1. The van der Waals surface area contributed by atoms with Gasteiger partial charge in [0.2, 0.25) is 15.9 Å². The average Bonchev–Trinajstić information content (AvgIpc) is 2.74. The zero-order chi connectivity index (χ0) is 21.1. The summed E-state index contributed by atoms with van der Waals surface area (Å²) in [5.74, 6) is 0.845. The topological polar surface area (TPSA) is 112 Å². The summed E-state index contributed by atoms with van der Waals surface area (Å²) in [6.07, 6.45) is -0.495. The Kier molecular flexibility index (Phi) is 5.39. The van der Waals surface area contributed by atoms with Gasteiger partial charge in [-0.15, -0.1) is 0 Å². The highest BCUT2D eigenvalue weighted by Gasteiger charge is 2.38. The molecule has 4 rings (SSSR count). The number of nitrogens with zero attached hydrogens (tertiary/aromatic N) is 2. The van der Waals surface area contributed by atoms with Crippen LogP contribution in [0.5, 0.6) is 11.6 Å². The van der Waals surface area contributed by atoms with Crippen LogP contribution in [0.3, 0.4) is 0 Å². The van der Waals surface area contributed by atoms with E-state index in [0.717, 1.165) is 9.87 Å². The van der Waals surface area contributed by atoms with Crippen LogP contribution in [-0.2, 0) is 21.2 Å². The molecule has 0 fully saturated rings. The Hall–Kier alpha value is -3.43. The minimum Gasteiger partial charge on any atom is -0.439 e. The van der Waals surface area contributed by atoms with Crippen LogP contribution in [-0.4, -0.2) is 30.3 Å². The van der Waals surface area contributed by atoms with E-state index < -0.39 is 22.3 Å². The van der Waals surface area contributed by atoms with Gasteiger partial charge in [-0.2, -0.15) is 4.31 Å². The maximum Gasteiger partial charge on any atom is 0.406 e. The number of benzene rings is 2. The molecule has 2 heterocycles. The molecule has 1 atom stereocenters. The van der Waals surface area contributed by atoms with Gasteiger partial charge in [0.15, 0.2) is 6.23 Å². The van der Waals surface area contributed by atoms with Crippen LogP contribution in [0.1, 0.15) is 17.4 Å². The summed E-state index contributed by atoms with van der Waals surface area (Å²) in [6.45, 7) is 0.138. The van der Waals surface area contributed by atoms with Gasteiger partial charge >= 0.3 is 6.09 Å². The molecule has 1 aliphatic heterocycles. The summed E-state index contributed by atoms with van der Waals surface area (Å²) in [4.78, 5) is 15.5. The second-order valence-corrected chi connectivity index (χ2v) is 8.49. The number of pyridine rings is 1. The van der Waals surface area contributed by atoms with Gasteiger partial charge in [0.25, 0.3) is 0 Å². The van der Waals surface area contributed by atoms with Gasteiger partial charge in [-0.05, 0) is 30.2 Å². The van der Waals surface area contributed by atoms with Gasteiger partial charge in [0.1, 0.15) is 10.6 Å². The quantitative estimate of drug-likeness (QED) is 0.672. The first kappa shape index (κ1) is 19.9. The molecule has 1 amide bonds. The smallest absolute Gasteiger partial charge is 0.406 e. The molecule has 2 N–H and O–H groups in total. The van der Waals surface area contributed by atoms with E-state index in [2.05, 4.69) is 4.98 Å². The summed E-state index contributed by atoms with van der Waals surface area (Å²) in [7, 11) is -4.01. The predicted molar refractivity (Wildman–Crippen MR) is 108 cm³/mol. The molecule has 9 heteroatoms. The molecule has 1 aliphatic rings.